The molecule has 1 aromatic heterocycles. The normalized spacial score (nSPS) is 10.5. The van der Waals surface area contributed by atoms with Gasteiger partial charge in [-0.2, -0.15) is 0 Å². The molecule has 11 heavy (non-hydrogen) atoms. The molecular weight excluding hydrogens is 146 g/mol. The second-order valence-corrected chi connectivity index (χ2v) is 2.46. The highest BCUT2D eigenvalue weighted by Gasteiger charge is 2.12. The van der Waals surface area contributed by atoms with Gasteiger partial charge in [-0.15, -0.1) is 10.2 Å². The van der Waals surface area contributed by atoms with Crippen LogP contribution in [0.15, 0.2) is 4.42 Å². The summed E-state index contributed by atoms with van der Waals surface area (Å²) in [5.41, 5.74) is 4.89. The lowest BCUT2D eigenvalue weighted by Crippen LogP contribution is -2.11. The molecule has 1 rings (SSSR count). The second kappa shape index (κ2) is 2.69. The van der Waals surface area contributed by atoms with Gasteiger partial charge >= 0.3 is 11.8 Å². The molecule has 0 atom stereocenters. The molecule has 1 aromatic rings. The fraction of sp³-hybridized carbons (Fsp3) is 0.500. The zero-order chi connectivity index (χ0) is 8.43. The number of nitrogens with zero attached hydrogens (tertiary/aromatic N) is 2. The van der Waals surface area contributed by atoms with E-state index < -0.39 is 5.91 Å². The van der Waals surface area contributed by atoms with Gasteiger partial charge in [0, 0.05) is 5.92 Å². The number of hydrogen-bond donors (Lipinski definition) is 1. The van der Waals surface area contributed by atoms with E-state index in [0.29, 0.717) is 5.89 Å². The summed E-state index contributed by atoms with van der Waals surface area (Å²) in [6.07, 6.45) is 0. The Morgan fingerprint density at radius 2 is 2.18 bits per heavy atom. The van der Waals surface area contributed by atoms with E-state index >= 15 is 0 Å². The maximum atomic E-state index is 10.5. The molecule has 60 valence electrons. The Labute approximate surface area is 63.6 Å². The van der Waals surface area contributed by atoms with E-state index in [1.165, 1.54) is 0 Å². The minimum atomic E-state index is -0.690. The molecule has 0 aliphatic carbocycles. The van der Waals surface area contributed by atoms with Gasteiger partial charge in [0.25, 0.3) is 0 Å². The zero-order valence-corrected chi connectivity index (χ0v) is 6.37. The van der Waals surface area contributed by atoms with Crippen molar-refractivity contribution in [2.75, 3.05) is 0 Å². The minimum Gasteiger partial charge on any atom is -0.417 e. The number of nitrogens with two attached hydrogens (primary N) is 1. The van der Waals surface area contributed by atoms with E-state index in [-0.39, 0.29) is 11.8 Å². The first-order valence-corrected chi connectivity index (χ1v) is 3.24. The maximum absolute atomic E-state index is 10.5. The molecule has 0 aliphatic heterocycles. The Morgan fingerprint density at radius 3 is 2.45 bits per heavy atom. The van der Waals surface area contributed by atoms with Crippen molar-refractivity contribution >= 4 is 5.91 Å². The Kier molecular flexibility index (Phi) is 1.89. The third-order valence-electron chi connectivity index (χ3n) is 1.15. The van der Waals surface area contributed by atoms with Gasteiger partial charge in [-0.1, -0.05) is 13.8 Å². The highest BCUT2D eigenvalue weighted by Crippen LogP contribution is 2.10. The number of carbonyl (C=O) groups excluding carboxylic acids is 1. The van der Waals surface area contributed by atoms with E-state index in [0.717, 1.165) is 0 Å². The van der Waals surface area contributed by atoms with Crippen LogP contribution in [0.2, 0.25) is 0 Å². The summed E-state index contributed by atoms with van der Waals surface area (Å²) in [5.74, 6) is -0.271. The molecule has 1 heterocycles. The Bertz CT molecular complexity index is 267. The van der Waals surface area contributed by atoms with Crippen molar-refractivity contribution in [3.63, 3.8) is 0 Å². The molecule has 0 fully saturated rings. The molecule has 5 nitrogen and oxygen atoms in total. The van der Waals surface area contributed by atoms with Gasteiger partial charge in [0.2, 0.25) is 5.89 Å². The smallest absolute Gasteiger partial charge is 0.306 e. The number of rotatable bonds is 2. The molecule has 0 saturated heterocycles. The van der Waals surface area contributed by atoms with Crippen molar-refractivity contribution < 1.29 is 9.21 Å². The molecule has 0 unspecified atom stereocenters. The van der Waals surface area contributed by atoms with Crippen LogP contribution in [0.3, 0.4) is 0 Å². The predicted molar refractivity (Wildman–Crippen MR) is 36.9 cm³/mol. The van der Waals surface area contributed by atoms with Crippen LogP contribution in [0.1, 0.15) is 36.3 Å². The Hall–Kier alpha value is -1.39. The first kappa shape index (κ1) is 7.71. The summed E-state index contributed by atoms with van der Waals surface area (Å²) in [7, 11) is 0. The average Bonchev–Trinajstić information content (AvgIpc) is 2.33. The molecular formula is C6H9N3O2. The van der Waals surface area contributed by atoms with E-state index in [1.807, 2.05) is 13.8 Å². The zero-order valence-electron chi connectivity index (χ0n) is 6.37. The van der Waals surface area contributed by atoms with Crippen molar-refractivity contribution in [3.05, 3.63) is 11.8 Å². The summed E-state index contributed by atoms with van der Waals surface area (Å²) < 4.78 is 4.91. The summed E-state index contributed by atoms with van der Waals surface area (Å²) in [6.45, 7) is 3.77. The Morgan fingerprint density at radius 1 is 1.55 bits per heavy atom. The number of carbonyl (C=O) groups is 1. The molecule has 1 amide bonds. The average molecular weight is 155 g/mol. The maximum Gasteiger partial charge on any atom is 0.306 e. The lowest BCUT2D eigenvalue weighted by Gasteiger charge is -1.92. The third-order valence-corrected chi connectivity index (χ3v) is 1.15. The summed E-state index contributed by atoms with van der Waals surface area (Å²) in [6, 6.07) is 0. The first-order valence-electron chi connectivity index (χ1n) is 3.24. The van der Waals surface area contributed by atoms with Crippen LogP contribution < -0.4 is 5.73 Å². The topological polar surface area (TPSA) is 82.0 Å². The van der Waals surface area contributed by atoms with E-state index in [1.54, 1.807) is 0 Å². The van der Waals surface area contributed by atoms with Crippen LogP contribution in [0.5, 0.6) is 0 Å². The first-order chi connectivity index (χ1) is 5.11. The standard InChI is InChI=1S/C6H9N3O2/c1-3(2)5-8-9-6(11-5)4(7)10/h3H,1-2H3,(H2,7,10). The van der Waals surface area contributed by atoms with Gasteiger partial charge in [0.05, 0.1) is 0 Å². The van der Waals surface area contributed by atoms with Crippen molar-refractivity contribution in [1.82, 2.24) is 10.2 Å². The predicted octanol–water partition coefficient (Wildman–Crippen LogP) is 0.292. The summed E-state index contributed by atoms with van der Waals surface area (Å²) >= 11 is 0. The van der Waals surface area contributed by atoms with Gasteiger partial charge in [0.15, 0.2) is 0 Å². The number of primary amides is 1. The number of amides is 1. The van der Waals surface area contributed by atoms with Crippen LogP contribution in [-0.4, -0.2) is 16.1 Å². The SMILES string of the molecule is CC(C)c1nnc(C(N)=O)o1. The van der Waals surface area contributed by atoms with Crippen LogP contribution in [0, 0.1) is 0 Å². The van der Waals surface area contributed by atoms with Crippen LogP contribution in [-0.2, 0) is 0 Å². The van der Waals surface area contributed by atoms with Crippen molar-refractivity contribution in [2.24, 2.45) is 5.73 Å². The quantitative estimate of drug-likeness (QED) is 0.665. The minimum absolute atomic E-state index is 0.121. The highest BCUT2D eigenvalue weighted by molar-refractivity contribution is 5.87. The molecule has 2 N–H and O–H groups in total. The largest absolute Gasteiger partial charge is 0.417 e. The van der Waals surface area contributed by atoms with Crippen LogP contribution in [0.25, 0.3) is 0 Å². The van der Waals surface area contributed by atoms with E-state index in [9.17, 15) is 4.79 Å². The fourth-order valence-corrected chi connectivity index (χ4v) is 0.567. The number of aromatic nitrogens is 2. The van der Waals surface area contributed by atoms with Crippen LogP contribution >= 0.6 is 0 Å². The van der Waals surface area contributed by atoms with Gasteiger partial charge in [0.1, 0.15) is 0 Å². The number of hydrogen-bond acceptors (Lipinski definition) is 4. The molecule has 0 aromatic carbocycles. The van der Waals surface area contributed by atoms with Gasteiger partial charge in [-0.25, -0.2) is 0 Å². The van der Waals surface area contributed by atoms with Crippen molar-refractivity contribution in [3.8, 4) is 0 Å². The molecule has 0 aliphatic rings. The fourth-order valence-electron chi connectivity index (χ4n) is 0.567. The highest BCUT2D eigenvalue weighted by atomic mass is 16.4. The van der Waals surface area contributed by atoms with E-state index in [2.05, 4.69) is 10.2 Å². The second-order valence-electron chi connectivity index (χ2n) is 2.46. The van der Waals surface area contributed by atoms with Crippen LogP contribution in [0.4, 0.5) is 0 Å². The summed E-state index contributed by atoms with van der Waals surface area (Å²) in [4.78, 5) is 10.5. The monoisotopic (exact) mass is 155 g/mol. The molecule has 0 bridgehead atoms. The van der Waals surface area contributed by atoms with Gasteiger partial charge < -0.3 is 10.2 Å². The molecule has 0 saturated carbocycles. The Balaban J connectivity index is 2.90. The molecule has 0 spiro atoms. The van der Waals surface area contributed by atoms with Gasteiger partial charge in [-0.3, -0.25) is 4.79 Å². The van der Waals surface area contributed by atoms with E-state index in [4.69, 9.17) is 10.2 Å². The lowest BCUT2D eigenvalue weighted by molar-refractivity contribution is 0.0965. The molecule has 0 radical (unpaired) electrons. The summed E-state index contributed by atoms with van der Waals surface area (Å²) in [5, 5.41) is 7.07. The van der Waals surface area contributed by atoms with Crippen molar-refractivity contribution in [1.29, 1.82) is 0 Å². The van der Waals surface area contributed by atoms with Crippen molar-refractivity contribution in [2.45, 2.75) is 19.8 Å². The van der Waals surface area contributed by atoms with Gasteiger partial charge in [-0.05, 0) is 0 Å². The molecule has 5 heteroatoms. The third kappa shape index (κ3) is 1.54. The lowest BCUT2D eigenvalue weighted by atomic mass is 10.2.